The Morgan fingerprint density at radius 3 is 2.57 bits per heavy atom. The highest BCUT2D eigenvalue weighted by Gasteiger charge is 2.52. The van der Waals surface area contributed by atoms with E-state index in [9.17, 15) is 14.7 Å². The highest BCUT2D eigenvalue weighted by molar-refractivity contribution is 6.61. The van der Waals surface area contributed by atoms with E-state index >= 15 is 4.39 Å². The van der Waals surface area contributed by atoms with Crippen LogP contribution in [0.15, 0.2) is 18.2 Å². The molecule has 1 unspecified atom stereocenters. The van der Waals surface area contributed by atoms with Crippen molar-refractivity contribution >= 4 is 24.6 Å². The van der Waals surface area contributed by atoms with Gasteiger partial charge in [0.1, 0.15) is 17.6 Å². The molecule has 2 heterocycles. The van der Waals surface area contributed by atoms with Crippen LogP contribution in [-0.4, -0.2) is 72.3 Å². The standard InChI is InChI=1S/C26H39BFN3O6/c1-25(2,3)37-24(34)31-18-9-7-16(10-18)21(31)23(33)30-20(22(29)32)11-15-6-8-17(12-19(15)28)27-35-13-26(4,5)14-36-27/h6,8,12,16,18,20-21,23,30,33H,7,9-11,13-14H2,1-5H3,(H2,29,32)/t16-,18+,20-,21-,23?/m0/s1. The Kier molecular flexibility index (Phi) is 7.91. The van der Waals surface area contributed by atoms with Crippen LogP contribution in [0.4, 0.5) is 9.18 Å². The second-order valence-electron chi connectivity index (χ2n) is 12.3. The minimum Gasteiger partial charge on any atom is -0.444 e. The number of piperidine rings is 1. The number of nitrogens with two attached hydrogens (primary N) is 1. The van der Waals surface area contributed by atoms with Crippen molar-refractivity contribution in [1.29, 1.82) is 0 Å². The number of nitrogens with zero attached hydrogens (tertiary/aromatic N) is 1. The summed E-state index contributed by atoms with van der Waals surface area (Å²) in [5, 5.41) is 14.0. The third-order valence-electron chi connectivity index (χ3n) is 7.31. The van der Waals surface area contributed by atoms with Gasteiger partial charge in [0.2, 0.25) is 5.91 Å². The number of halogens is 1. The molecule has 2 amide bonds. The van der Waals surface area contributed by atoms with E-state index in [2.05, 4.69) is 5.32 Å². The molecule has 5 atom stereocenters. The van der Waals surface area contributed by atoms with Gasteiger partial charge < -0.3 is 24.9 Å². The number of ether oxygens (including phenoxy) is 1. The average Bonchev–Trinajstić information content (AvgIpc) is 3.40. The van der Waals surface area contributed by atoms with Gasteiger partial charge in [-0.15, -0.1) is 0 Å². The Hall–Kier alpha value is -2.21. The molecule has 11 heteroatoms. The Morgan fingerprint density at radius 1 is 1.30 bits per heavy atom. The largest absolute Gasteiger partial charge is 0.494 e. The van der Waals surface area contributed by atoms with Crippen molar-refractivity contribution in [3.63, 3.8) is 0 Å². The lowest BCUT2D eigenvalue weighted by atomic mass is 9.75. The van der Waals surface area contributed by atoms with Gasteiger partial charge in [-0.25, -0.2) is 9.18 Å². The van der Waals surface area contributed by atoms with Gasteiger partial charge in [0.25, 0.3) is 0 Å². The molecule has 9 nitrogen and oxygen atoms in total. The van der Waals surface area contributed by atoms with Crippen molar-refractivity contribution < 1.29 is 33.1 Å². The predicted molar refractivity (Wildman–Crippen MR) is 136 cm³/mol. The van der Waals surface area contributed by atoms with Crippen LogP contribution >= 0.6 is 0 Å². The zero-order chi connectivity index (χ0) is 27.1. The normalized spacial score (nSPS) is 26.7. The van der Waals surface area contributed by atoms with Crippen LogP contribution in [0.3, 0.4) is 0 Å². The maximum Gasteiger partial charge on any atom is 0.494 e. The highest BCUT2D eigenvalue weighted by Crippen LogP contribution is 2.44. The smallest absolute Gasteiger partial charge is 0.444 e. The number of nitrogens with one attached hydrogen (secondary N) is 1. The van der Waals surface area contributed by atoms with E-state index in [0.717, 1.165) is 19.3 Å². The Bertz CT molecular complexity index is 1010. The molecule has 0 spiro atoms. The fourth-order valence-electron chi connectivity index (χ4n) is 5.55. The fourth-order valence-corrected chi connectivity index (χ4v) is 5.55. The van der Waals surface area contributed by atoms with Gasteiger partial charge in [-0.2, -0.15) is 0 Å². The summed E-state index contributed by atoms with van der Waals surface area (Å²) in [7, 11) is -0.653. The van der Waals surface area contributed by atoms with Gasteiger partial charge in [-0.05, 0) is 69.5 Å². The van der Waals surface area contributed by atoms with E-state index in [4.69, 9.17) is 19.8 Å². The van der Waals surface area contributed by atoms with E-state index in [0.29, 0.717) is 18.7 Å². The predicted octanol–water partition coefficient (Wildman–Crippen LogP) is 1.69. The van der Waals surface area contributed by atoms with Crippen molar-refractivity contribution in [1.82, 2.24) is 10.2 Å². The molecule has 4 rings (SSSR count). The van der Waals surface area contributed by atoms with Crippen LogP contribution in [0.5, 0.6) is 0 Å². The summed E-state index contributed by atoms with van der Waals surface area (Å²) >= 11 is 0. The molecular formula is C26H39BFN3O6. The lowest BCUT2D eigenvalue weighted by Crippen LogP contribution is -2.59. The first-order valence-corrected chi connectivity index (χ1v) is 13.0. The summed E-state index contributed by atoms with van der Waals surface area (Å²) in [6, 6.07) is 2.99. The zero-order valence-corrected chi connectivity index (χ0v) is 22.3. The van der Waals surface area contributed by atoms with E-state index in [1.165, 1.54) is 6.07 Å². The minimum absolute atomic E-state index is 0.0203. The molecule has 1 aromatic carbocycles. The van der Waals surface area contributed by atoms with Crippen molar-refractivity contribution in [2.75, 3.05) is 13.2 Å². The molecule has 4 N–H and O–H groups in total. The molecule has 2 bridgehead atoms. The molecular weight excluding hydrogens is 480 g/mol. The lowest BCUT2D eigenvalue weighted by Gasteiger charge is -2.39. The maximum absolute atomic E-state index is 15.0. The van der Waals surface area contributed by atoms with E-state index < -0.39 is 48.8 Å². The highest BCUT2D eigenvalue weighted by atomic mass is 19.1. The molecule has 0 radical (unpaired) electrons. The first-order valence-electron chi connectivity index (χ1n) is 13.0. The van der Waals surface area contributed by atoms with Crippen LogP contribution in [0.2, 0.25) is 0 Å². The maximum atomic E-state index is 15.0. The van der Waals surface area contributed by atoms with E-state index in [-0.39, 0.29) is 29.4 Å². The van der Waals surface area contributed by atoms with Crippen molar-refractivity contribution in [3.05, 3.63) is 29.6 Å². The molecule has 0 aromatic heterocycles. The van der Waals surface area contributed by atoms with Crippen LogP contribution in [-0.2, 0) is 25.3 Å². The Morgan fingerprint density at radius 2 is 1.97 bits per heavy atom. The number of fused-ring (bicyclic) bond motifs is 2. The van der Waals surface area contributed by atoms with Crippen molar-refractivity contribution in [2.45, 2.75) is 90.3 Å². The van der Waals surface area contributed by atoms with E-state index in [1.807, 2.05) is 13.8 Å². The van der Waals surface area contributed by atoms with Gasteiger partial charge in [0, 0.05) is 24.7 Å². The molecule has 3 fully saturated rings. The second-order valence-corrected chi connectivity index (χ2v) is 12.3. The van der Waals surface area contributed by atoms with Crippen molar-refractivity contribution in [2.24, 2.45) is 17.1 Å². The van der Waals surface area contributed by atoms with Crippen LogP contribution in [0.1, 0.15) is 59.4 Å². The number of benzene rings is 1. The number of hydrogen-bond donors (Lipinski definition) is 3. The number of rotatable bonds is 7. The number of hydrogen-bond acceptors (Lipinski definition) is 7. The molecule has 1 saturated carbocycles. The van der Waals surface area contributed by atoms with Gasteiger partial charge in [-0.3, -0.25) is 15.0 Å². The summed E-state index contributed by atoms with van der Waals surface area (Å²) < 4.78 is 32.1. The first-order chi connectivity index (χ1) is 17.2. The van der Waals surface area contributed by atoms with Crippen LogP contribution in [0.25, 0.3) is 0 Å². The first kappa shape index (κ1) is 27.8. The third kappa shape index (κ3) is 6.45. The lowest BCUT2D eigenvalue weighted by molar-refractivity contribution is -0.121. The van der Waals surface area contributed by atoms with Crippen molar-refractivity contribution in [3.8, 4) is 0 Å². The molecule has 204 valence electrons. The number of carbonyl (C=O) groups excluding carboxylic acids is 2. The summed E-state index contributed by atoms with van der Waals surface area (Å²) in [6.45, 7) is 10.4. The van der Waals surface area contributed by atoms with Gasteiger partial charge in [0.05, 0.1) is 12.1 Å². The molecule has 2 saturated heterocycles. The molecule has 37 heavy (non-hydrogen) atoms. The molecule has 2 aliphatic heterocycles. The number of amides is 2. The number of aliphatic hydroxyl groups is 1. The summed E-state index contributed by atoms with van der Waals surface area (Å²) in [5.41, 5.74) is 5.66. The number of aliphatic hydroxyl groups excluding tert-OH is 1. The SMILES string of the molecule is CC1(C)COB(c2ccc(C[C@H](NC(O)[C@@H]3[C@H]4CC[C@H](C4)N3C(=O)OC(C)(C)C)C(N)=O)c(F)c2)OC1. The second kappa shape index (κ2) is 10.5. The van der Waals surface area contributed by atoms with Gasteiger partial charge in [0.15, 0.2) is 0 Å². The van der Waals surface area contributed by atoms with Crippen LogP contribution < -0.4 is 16.5 Å². The van der Waals surface area contributed by atoms with E-state index in [1.54, 1.807) is 37.8 Å². The zero-order valence-electron chi connectivity index (χ0n) is 22.3. The third-order valence-corrected chi connectivity index (χ3v) is 7.31. The number of primary amides is 1. The number of carbonyl (C=O) groups is 2. The molecule has 3 aliphatic rings. The Balaban J connectivity index is 1.44. The molecule has 1 aromatic rings. The summed E-state index contributed by atoms with van der Waals surface area (Å²) in [5.74, 6) is -1.17. The van der Waals surface area contributed by atoms with Gasteiger partial charge in [-0.1, -0.05) is 26.0 Å². The monoisotopic (exact) mass is 519 g/mol. The fraction of sp³-hybridized carbons (Fsp3) is 0.692. The summed E-state index contributed by atoms with van der Waals surface area (Å²) in [6.07, 6.45) is 0.699. The van der Waals surface area contributed by atoms with Crippen LogP contribution in [0, 0.1) is 17.2 Å². The quantitative estimate of drug-likeness (QED) is 0.370. The number of likely N-dealkylation sites (tertiary alicyclic amines) is 1. The molecule has 1 aliphatic carbocycles. The minimum atomic E-state index is -1.23. The average molecular weight is 519 g/mol. The Labute approximate surface area is 218 Å². The van der Waals surface area contributed by atoms with Gasteiger partial charge >= 0.3 is 13.2 Å². The topological polar surface area (TPSA) is 123 Å². The summed E-state index contributed by atoms with van der Waals surface area (Å²) in [4.78, 5) is 26.8.